The summed E-state index contributed by atoms with van der Waals surface area (Å²) < 4.78 is 11.6. The van der Waals surface area contributed by atoms with Crippen molar-refractivity contribution < 1.29 is 13.9 Å². The number of hydrogen-bond acceptors (Lipinski definition) is 4. The molecule has 1 aliphatic heterocycles. The van der Waals surface area contributed by atoms with Gasteiger partial charge in [0.05, 0.1) is 23.1 Å². The molecule has 1 amide bonds. The molecule has 0 spiro atoms. The second kappa shape index (κ2) is 8.67. The van der Waals surface area contributed by atoms with Crippen molar-refractivity contribution in [3.05, 3.63) is 81.2 Å². The largest absolute Gasteiger partial charge is 0.450 e. The van der Waals surface area contributed by atoms with Gasteiger partial charge in [0.2, 0.25) is 5.76 Å². The Bertz CT molecular complexity index is 1140. The van der Waals surface area contributed by atoms with E-state index in [1.165, 1.54) is 5.56 Å². The quantitative estimate of drug-likeness (QED) is 0.489. The molecule has 162 valence electrons. The molecule has 2 heterocycles. The van der Waals surface area contributed by atoms with E-state index in [1.807, 2.05) is 32.0 Å². The van der Waals surface area contributed by atoms with Crippen LogP contribution in [0.5, 0.6) is 0 Å². The third kappa shape index (κ3) is 4.02. The van der Waals surface area contributed by atoms with Gasteiger partial charge >= 0.3 is 0 Å². The molecule has 3 aromatic rings. The summed E-state index contributed by atoms with van der Waals surface area (Å²) in [4.78, 5) is 28.5. The van der Waals surface area contributed by atoms with Crippen LogP contribution in [0.4, 0.5) is 0 Å². The molecular weight excluding hydrogens is 390 g/mol. The van der Waals surface area contributed by atoms with E-state index in [1.54, 1.807) is 23.1 Å². The predicted octanol–water partition coefficient (Wildman–Crippen LogP) is 5.28. The average Bonchev–Trinajstić information content (AvgIpc) is 3.03. The molecule has 31 heavy (non-hydrogen) atoms. The SMILES string of the molecule is CC(C)OCCCN1C(=O)c2oc3ccccc3c(=O)c2[C@@H]1c1ccc(C(C)C)cc1. The molecule has 0 radical (unpaired) electrons. The van der Waals surface area contributed by atoms with Crippen LogP contribution in [0.15, 0.2) is 57.7 Å². The van der Waals surface area contributed by atoms with Gasteiger partial charge in [-0.2, -0.15) is 0 Å². The van der Waals surface area contributed by atoms with Crippen molar-refractivity contribution in [1.82, 2.24) is 4.90 Å². The first-order valence-corrected chi connectivity index (χ1v) is 11.0. The average molecular weight is 420 g/mol. The zero-order chi connectivity index (χ0) is 22.1. The van der Waals surface area contributed by atoms with Crippen LogP contribution in [-0.4, -0.2) is 30.1 Å². The predicted molar refractivity (Wildman–Crippen MR) is 122 cm³/mol. The molecule has 0 saturated heterocycles. The lowest BCUT2D eigenvalue weighted by molar-refractivity contribution is 0.0593. The Hall–Kier alpha value is -2.92. The molecule has 1 atom stereocenters. The Labute approximate surface area is 182 Å². The van der Waals surface area contributed by atoms with Gasteiger partial charge in [0.25, 0.3) is 5.91 Å². The molecule has 0 unspecified atom stereocenters. The number of carbonyl (C=O) groups is 1. The molecular formula is C26H29NO4. The molecule has 0 fully saturated rings. The van der Waals surface area contributed by atoms with Crippen molar-refractivity contribution in [2.45, 2.75) is 52.2 Å². The lowest BCUT2D eigenvalue weighted by Crippen LogP contribution is -2.31. The summed E-state index contributed by atoms with van der Waals surface area (Å²) in [6.45, 7) is 9.31. The van der Waals surface area contributed by atoms with Gasteiger partial charge in [-0.25, -0.2) is 0 Å². The first-order valence-electron chi connectivity index (χ1n) is 11.0. The fraction of sp³-hybridized carbons (Fsp3) is 0.385. The minimum absolute atomic E-state index is 0.135. The third-order valence-electron chi connectivity index (χ3n) is 5.79. The van der Waals surface area contributed by atoms with Crippen LogP contribution in [0.1, 0.15) is 73.3 Å². The van der Waals surface area contributed by atoms with Gasteiger partial charge < -0.3 is 14.1 Å². The number of hydrogen-bond donors (Lipinski definition) is 0. The summed E-state index contributed by atoms with van der Waals surface area (Å²) in [5, 5.41) is 0.503. The van der Waals surface area contributed by atoms with Gasteiger partial charge in [-0.15, -0.1) is 0 Å². The second-order valence-electron chi connectivity index (χ2n) is 8.67. The number of nitrogens with zero attached hydrogens (tertiary/aromatic N) is 1. The maximum absolute atomic E-state index is 13.4. The van der Waals surface area contributed by atoms with Crippen molar-refractivity contribution in [2.24, 2.45) is 0 Å². The Morgan fingerprint density at radius 3 is 2.39 bits per heavy atom. The fourth-order valence-electron chi connectivity index (χ4n) is 4.16. The third-order valence-corrected chi connectivity index (χ3v) is 5.79. The summed E-state index contributed by atoms with van der Waals surface area (Å²) >= 11 is 0. The molecule has 4 rings (SSSR count). The molecule has 1 aromatic heterocycles. The van der Waals surface area contributed by atoms with Crippen LogP contribution >= 0.6 is 0 Å². The van der Waals surface area contributed by atoms with Crippen molar-refractivity contribution in [3.8, 4) is 0 Å². The second-order valence-corrected chi connectivity index (χ2v) is 8.67. The molecule has 0 N–H and O–H groups in total. The molecule has 0 aliphatic carbocycles. The number of benzene rings is 2. The Morgan fingerprint density at radius 1 is 1.00 bits per heavy atom. The van der Waals surface area contributed by atoms with Crippen LogP contribution < -0.4 is 5.43 Å². The molecule has 1 aliphatic rings. The molecule has 5 heteroatoms. The summed E-state index contributed by atoms with van der Waals surface area (Å²) in [6, 6.07) is 14.8. The van der Waals surface area contributed by atoms with Gasteiger partial charge in [-0.3, -0.25) is 9.59 Å². The highest BCUT2D eigenvalue weighted by atomic mass is 16.5. The Balaban J connectivity index is 1.78. The van der Waals surface area contributed by atoms with Crippen LogP contribution in [-0.2, 0) is 4.74 Å². The van der Waals surface area contributed by atoms with E-state index in [0.29, 0.717) is 42.0 Å². The van der Waals surface area contributed by atoms with Crippen LogP contribution in [0.25, 0.3) is 11.0 Å². The standard InChI is InChI=1S/C26H29NO4/c1-16(2)18-10-12-19(13-11-18)23-22-24(28)20-8-5-6-9-21(20)31-25(22)26(29)27(23)14-7-15-30-17(3)4/h5-6,8-13,16-17,23H,7,14-15H2,1-4H3/t23-/m0/s1. The monoisotopic (exact) mass is 419 g/mol. The number of rotatable bonds is 7. The van der Waals surface area contributed by atoms with E-state index >= 15 is 0 Å². The number of amides is 1. The highest BCUT2D eigenvalue weighted by Crippen LogP contribution is 2.38. The summed E-state index contributed by atoms with van der Waals surface area (Å²) in [5.41, 5.74) is 2.88. The summed E-state index contributed by atoms with van der Waals surface area (Å²) in [5.74, 6) is 0.330. The minimum atomic E-state index is -0.455. The van der Waals surface area contributed by atoms with Crippen LogP contribution in [0, 0.1) is 0 Å². The van der Waals surface area contributed by atoms with Crippen LogP contribution in [0.3, 0.4) is 0 Å². The normalized spacial score (nSPS) is 16.0. The van der Waals surface area contributed by atoms with Crippen molar-refractivity contribution >= 4 is 16.9 Å². The lowest BCUT2D eigenvalue weighted by Gasteiger charge is -2.25. The number of ether oxygens (including phenoxy) is 1. The smallest absolute Gasteiger partial charge is 0.290 e. The first-order chi connectivity index (χ1) is 14.9. The Morgan fingerprint density at radius 2 is 1.71 bits per heavy atom. The van der Waals surface area contributed by atoms with Gasteiger partial charge in [-0.1, -0.05) is 50.2 Å². The zero-order valence-corrected chi connectivity index (χ0v) is 18.6. The minimum Gasteiger partial charge on any atom is -0.450 e. The van der Waals surface area contributed by atoms with Crippen molar-refractivity contribution in [3.63, 3.8) is 0 Å². The van der Waals surface area contributed by atoms with E-state index in [0.717, 1.165) is 5.56 Å². The van der Waals surface area contributed by atoms with E-state index in [-0.39, 0.29) is 23.2 Å². The molecule has 5 nitrogen and oxygen atoms in total. The van der Waals surface area contributed by atoms with Crippen molar-refractivity contribution in [1.29, 1.82) is 0 Å². The number of para-hydroxylation sites is 1. The van der Waals surface area contributed by atoms with Gasteiger partial charge in [0.1, 0.15) is 5.58 Å². The van der Waals surface area contributed by atoms with Gasteiger partial charge in [0, 0.05) is 13.2 Å². The number of carbonyl (C=O) groups excluding carboxylic acids is 1. The maximum atomic E-state index is 13.4. The van der Waals surface area contributed by atoms with Crippen molar-refractivity contribution in [2.75, 3.05) is 13.2 Å². The molecule has 0 bridgehead atoms. The van der Waals surface area contributed by atoms with Gasteiger partial charge in [0.15, 0.2) is 5.43 Å². The zero-order valence-electron chi connectivity index (χ0n) is 18.6. The van der Waals surface area contributed by atoms with E-state index < -0.39 is 6.04 Å². The first kappa shape index (κ1) is 21.3. The highest BCUT2D eigenvalue weighted by molar-refractivity contribution is 5.99. The highest BCUT2D eigenvalue weighted by Gasteiger charge is 2.42. The lowest BCUT2D eigenvalue weighted by atomic mass is 9.95. The molecule has 0 saturated carbocycles. The van der Waals surface area contributed by atoms with E-state index in [9.17, 15) is 9.59 Å². The summed E-state index contributed by atoms with van der Waals surface area (Å²) in [7, 11) is 0. The molecule has 2 aromatic carbocycles. The van der Waals surface area contributed by atoms with E-state index in [2.05, 4.69) is 26.0 Å². The Kier molecular flexibility index (Phi) is 5.96. The number of fused-ring (bicyclic) bond motifs is 2. The summed E-state index contributed by atoms with van der Waals surface area (Å²) in [6.07, 6.45) is 0.825. The maximum Gasteiger partial charge on any atom is 0.290 e. The topological polar surface area (TPSA) is 59.8 Å². The van der Waals surface area contributed by atoms with Crippen LogP contribution in [0.2, 0.25) is 0 Å². The van der Waals surface area contributed by atoms with E-state index in [4.69, 9.17) is 9.15 Å². The fourth-order valence-corrected chi connectivity index (χ4v) is 4.16. The van der Waals surface area contributed by atoms with Gasteiger partial charge in [-0.05, 0) is 49.4 Å².